The Morgan fingerprint density at radius 3 is 2.57 bits per heavy atom. The molecule has 1 aromatic carbocycles. The molecule has 0 spiro atoms. The summed E-state index contributed by atoms with van der Waals surface area (Å²) in [5.41, 5.74) is 13.6. The van der Waals surface area contributed by atoms with Crippen molar-refractivity contribution in [2.45, 2.75) is 6.18 Å². The Hall–Kier alpha value is -2.79. The van der Waals surface area contributed by atoms with Crippen LogP contribution in [0, 0.1) is 5.92 Å². The molecule has 28 heavy (non-hydrogen) atoms. The van der Waals surface area contributed by atoms with Gasteiger partial charge in [0.15, 0.2) is 11.4 Å². The molecule has 1 fully saturated rings. The molecular formula is C16H15ClF3N5O3. The van der Waals surface area contributed by atoms with Gasteiger partial charge in [-0.1, -0.05) is 11.6 Å². The van der Waals surface area contributed by atoms with Crippen molar-refractivity contribution < 1.29 is 27.5 Å². The van der Waals surface area contributed by atoms with E-state index in [1.54, 1.807) is 6.07 Å². The molecule has 0 saturated carbocycles. The smallest absolute Gasteiger partial charge is 0.475 e. The van der Waals surface area contributed by atoms with Gasteiger partial charge in [0, 0.05) is 29.4 Å². The van der Waals surface area contributed by atoms with Gasteiger partial charge in [0.2, 0.25) is 5.95 Å². The van der Waals surface area contributed by atoms with Gasteiger partial charge in [-0.3, -0.25) is 0 Å². The molecule has 1 saturated heterocycles. The SMILES string of the molecule is NCC1CN(c2nc(N)nc3c2oc2ccc(Cl)cc23)C1.O=C(O)C(F)(F)F. The Morgan fingerprint density at radius 1 is 1.36 bits per heavy atom. The third kappa shape index (κ3) is 3.90. The minimum absolute atomic E-state index is 0.233. The minimum atomic E-state index is -5.08. The molecule has 2 aromatic heterocycles. The molecule has 3 heterocycles. The number of benzene rings is 1. The van der Waals surface area contributed by atoms with Crippen LogP contribution in [-0.4, -0.2) is 46.9 Å². The molecule has 3 aromatic rings. The highest BCUT2D eigenvalue weighted by molar-refractivity contribution is 6.31. The number of carboxylic acid groups (broad SMARTS) is 1. The summed E-state index contributed by atoms with van der Waals surface area (Å²) in [5, 5.41) is 8.61. The number of furan rings is 1. The summed E-state index contributed by atoms with van der Waals surface area (Å²) in [5.74, 6) is -1.30. The lowest BCUT2D eigenvalue weighted by molar-refractivity contribution is -0.192. The summed E-state index contributed by atoms with van der Waals surface area (Å²) in [6, 6.07) is 5.45. The number of carbonyl (C=O) groups is 1. The Morgan fingerprint density at radius 2 is 2.00 bits per heavy atom. The van der Waals surface area contributed by atoms with Gasteiger partial charge >= 0.3 is 12.1 Å². The number of fused-ring (bicyclic) bond motifs is 3. The van der Waals surface area contributed by atoms with Gasteiger partial charge in [0.1, 0.15) is 11.1 Å². The maximum atomic E-state index is 10.6. The molecule has 1 aliphatic heterocycles. The van der Waals surface area contributed by atoms with Crippen molar-refractivity contribution in [1.29, 1.82) is 0 Å². The average molecular weight is 418 g/mol. The maximum Gasteiger partial charge on any atom is 0.490 e. The zero-order valence-electron chi connectivity index (χ0n) is 14.2. The summed E-state index contributed by atoms with van der Waals surface area (Å²) in [6.45, 7) is 2.40. The van der Waals surface area contributed by atoms with E-state index in [1.807, 2.05) is 12.1 Å². The quantitative estimate of drug-likeness (QED) is 0.579. The third-order valence-corrected chi connectivity index (χ3v) is 4.34. The van der Waals surface area contributed by atoms with E-state index < -0.39 is 12.1 Å². The van der Waals surface area contributed by atoms with Gasteiger partial charge in [0.05, 0.1) is 0 Å². The first-order valence-electron chi connectivity index (χ1n) is 8.00. The van der Waals surface area contributed by atoms with Crippen LogP contribution >= 0.6 is 11.6 Å². The molecule has 5 N–H and O–H groups in total. The van der Waals surface area contributed by atoms with Crippen molar-refractivity contribution in [3.8, 4) is 0 Å². The number of anilines is 2. The van der Waals surface area contributed by atoms with E-state index in [9.17, 15) is 13.2 Å². The molecule has 8 nitrogen and oxygen atoms in total. The molecule has 0 unspecified atom stereocenters. The fourth-order valence-corrected chi connectivity index (χ4v) is 2.90. The van der Waals surface area contributed by atoms with E-state index in [0.29, 0.717) is 28.6 Å². The van der Waals surface area contributed by atoms with E-state index in [4.69, 9.17) is 37.4 Å². The molecular weight excluding hydrogens is 403 g/mol. The van der Waals surface area contributed by atoms with Crippen LogP contribution < -0.4 is 16.4 Å². The maximum absolute atomic E-state index is 10.6. The third-order valence-electron chi connectivity index (χ3n) is 4.11. The number of nitrogens with two attached hydrogens (primary N) is 2. The van der Waals surface area contributed by atoms with Crippen molar-refractivity contribution in [2.24, 2.45) is 11.7 Å². The fraction of sp³-hybridized carbons (Fsp3) is 0.312. The van der Waals surface area contributed by atoms with Crippen molar-refractivity contribution in [3.63, 3.8) is 0 Å². The van der Waals surface area contributed by atoms with Gasteiger partial charge in [-0.15, -0.1) is 0 Å². The number of rotatable bonds is 2. The number of alkyl halides is 3. The number of halogens is 4. The summed E-state index contributed by atoms with van der Waals surface area (Å²) in [4.78, 5) is 19.7. The number of aromatic nitrogens is 2. The predicted octanol–water partition coefficient (Wildman–Crippen LogP) is 2.64. The number of hydrogen-bond acceptors (Lipinski definition) is 7. The van der Waals surface area contributed by atoms with Crippen LogP contribution in [0.3, 0.4) is 0 Å². The first-order chi connectivity index (χ1) is 13.1. The first kappa shape index (κ1) is 20.0. The number of hydrogen-bond donors (Lipinski definition) is 3. The Labute approximate surface area is 160 Å². The van der Waals surface area contributed by atoms with Gasteiger partial charge in [-0.25, -0.2) is 9.78 Å². The number of nitrogen functional groups attached to an aromatic ring is 1. The summed E-state index contributed by atoms with van der Waals surface area (Å²) >= 11 is 6.05. The molecule has 150 valence electrons. The lowest BCUT2D eigenvalue weighted by Gasteiger charge is -2.39. The van der Waals surface area contributed by atoms with E-state index in [1.165, 1.54) is 0 Å². The largest absolute Gasteiger partial charge is 0.490 e. The van der Waals surface area contributed by atoms with Crippen LogP contribution in [0.4, 0.5) is 24.9 Å². The normalized spacial score (nSPS) is 14.7. The van der Waals surface area contributed by atoms with Crippen molar-refractivity contribution in [1.82, 2.24) is 9.97 Å². The highest BCUT2D eigenvalue weighted by atomic mass is 35.5. The number of aliphatic carboxylic acids is 1. The fourth-order valence-electron chi connectivity index (χ4n) is 2.72. The van der Waals surface area contributed by atoms with Crippen LogP contribution in [0.25, 0.3) is 22.1 Å². The van der Waals surface area contributed by atoms with Crippen molar-refractivity contribution in [2.75, 3.05) is 30.3 Å². The van der Waals surface area contributed by atoms with Crippen LogP contribution in [-0.2, 0) is 4.79 Å². The van der Waals surface area contributed by atoms with Crippen molar-refractivity contribution in [3.05, 3.63) is 23.2 Å². The Kier molecular flexibility index (Phi) is 5.22. The molecule has 0 atom stereocenters. The van der Waals surface area contributed by atoms with Crippen LogP contribution in [0.15, 0.2) is 22.6 Å². The number of carboxylic acids is 1. The van der Waals surface area contributed by atoms with Gasteiger partial charge < -0.3 is 25.9 Å². The first-order valence-corrected chi connectivity index (χ1v) is 8.38. The van der Waals surface area contributed by atoms with E-state index in [2.05, 4.69) is 14.9 Å². The Bertz CT molecular complexity index is 1030. The number of nitrogens with zero attached hydrogens (tertiary/aromatic N) is 3. The molecule has 0 aliphatic carbocycles. The summed E-state index contributed by atoms with van der Waals surface area (Å²) < 4.78 is 37.6. The molecule has 0 bridgehead atoms. The van der Waals surface area contributed by atoms with Gasteiger partial charge in [-0.05, 0) is 24.7 Å². The second kappa shape index (κ2) is 7.32. The highest BCUT2D eigenvalue weighted by Crippen LogP contribution is 2.36. The second-order valence-electron chi connectivity index (χ2n) is 6.14. The van der Waals surface area contributed by atoms with E-state index >= 15 is 0 Å². The molecule has 0 radical (unpaired) electrons. The highest BCUT2D eigenvalue weighted by Gasteiger charge is 2.38. The zero-order chi connectivity index (χ0) is 20.6. The van der Waals surface area contributed by atoms with E-state index in [-0.39, 0.29) is 5.95 Å². The Balaban J connectivity index is 0.000000279. The lowest BCUT2D eigenvalue weighted by atomic mass is 10.0. The standard InChI is InChI=1S/C14H14ClN5O.C2HF3O2/c15-8-1-2-10-9(3-8)11-12(21-10)13(19-14(17)18-11)20-5-7(4-16)6-20;3-2(4,5)1(6)7/h1-3,7H,4-6,16H2,(H2,17,18,19);(H,6,7). The minimum Gasteiger partial charge on any atom is -0.475 e. The van der Waals surface area contributed by atoms with Crippen LogP contribution in [0.1, 0.15) is 0 Å². The van der Waals surface area contributed by atoms with E-state index in [0.717, 1.165) is 29.9 Å². The average Bonchev–Trinajstić information content (AvgIpc) is 2.91. The zero-order valence-corrected chi connectivity index (χ0v) is 15.0. The monoisotopic (exact) mass is 417 g/mol. The van der Waals surface area contributed by atoms with Gasteiger partial charge in [-0.2, -0.15) is 18.2 Å². The topological polar surface area (TPSA) is 132 Å². The molecule has 4 rings (SSSR count). The summed E-state index contributed by atoms with van der Waals surface area (Å²) in [7, 11) is 0. The van der Waals surface area contributed by atoms with Crippen LogP contribution in [0.2, 0.25) is 5.02 Å². The molecule has 0 amide bonds. The molecule has 1 aliphatic rings. The lowest BCUT2D eigenvalue weighted by Crippen LogP contribution is -2.50. The van der Waals surface area contributed by atoms with Gasteiger partial charge in [0.25, 0.3) is 0 Å². The molecule has 12 heteroatoms. The second-order valence-corrected chi connectivity index (χ2v) is 6.57. The van der Waals surface area contributed by atoms with Crippen molar-refractivity contribution >= 4 is 51.4 Å². The summed E-state index contributed by atoms with van der Waals surface area (Å²) in [6.07, 6.45) is -5.08. The van der Waals surface area contributed by atoms with Crippen LogP contribution in [0.5, 0.6) is 0 Å². The predicted molar refractivity (Wildman–Crippen MR) is 97.2 cm³/mol.